The zero-order valence-corrected chi connectivity index (χ0v) is 14.9. The van der Waals surface area contributed by atoms with Crippen LogP contribution in [0, 0.1) is 20.8 Å². The number of azo groups is 1. The summed E-state index contributed by atoms with van der Waals surface area (Å²) in [6.07, 6.45) is 1.58. The molecule has 0 amide bonds. The van der Waals surface area contributed by atoms with Crippen molar-refractivity contribution in [3.8, 4) is 0 Å². The number of benzene rings is 1. The zero-order chi connectivity index (χ0) is 18.1. The van der Waals surface area contributed by atoms with Crippen molar-refractivity contribution in [1.29, 1.82) is 0 Å². The summed E-state index contributed by atoms with van der Waals surface area (Å²) in [6, 6.07) is 7.56. The lowest BCUT2D eigenvalue weighted by molar-refractivity contribution is -0.136. The molecule has 0 spiro atoms. The van der Waals surface area contributed by atoms with Gasteiger partial charge >= 0.3 is 5.97 Å². The van der Waals surface area contributed by atoms with Gasteiger partial charge in [0.15, 0.2) is 5.82 Å². The van der Waals surface area contributed by atoms with Crippen molar-refractivity contribution in [3.05, 3.63) is 57.9 Å². The molecule has 0 fully saturated rings. The van der Waals surface area contributed by atoms with Gasteiger partial charge in [0.25, 0.3) is 0 Å². The number of aryl methyl sites for hydroxylation is 3. The summed E-state index contributed by atoms with van der Waals surface area (Å²) in [7, 11) is 0. The lowest BCUT2D eigenvalue weighted by Gasteiger charge is -2.04. The minimum absolute atomic E-state index is 0.226. The van der Waals surface area contributed by atoms with Crippen molar-refractivity contribution in [1.82, 2.24) is 9.38 Å². The first-order valence-electron chi connectivity index (χ1n) is 7.73. The molecular formula is C18H17ClN4O2. The van der Waals surface area contributed by atoms with Crippen LogP contribution in [0.25, 0.3) is 5.65 Å². The molecule has 0 aliphatic carbocycles. The summed E-state index contributed by atoms with van der Waals surface area (Å²) >= 11 is 6.27. The van der Waals surface area contributed by atoms with Crippen LogP contribution in [-0.4, -0.2) is 20.5 Å². The Kier molecular flexibility index (Phi) is 4.55. The summed E-state index contributed by atoms with van der Waals surface area (Å²) in [5.74, 6) is -0.574. The van der Waals surface area contributed by atoms with Crippen LogP contribution in [0.1, 0.15) is 22.4 Å². The number of aromatic nitrogens is 2. The third-order valence-corrected chi connectivity index (χ3v) is 4.08. The van der Waals surface area contributed by atoms with Crippen LogP contribution < -0.4 is 0 Å². The number of pyridine rings is 1. The smallest absolute Gasteiger partial charge is 0.309 e. The molecule has 2 aromatic heterocycles. The molecule has 128 valence electrons. The average Bonchev–Trinajstić information content (AvgIpc) is 2.81. The highest BCUT2D eigenvalue weighted by atomic mass is 35.5. The molecule has 2 heterocycles. The summed E-state index contributed by atoms with van der Waals surface area (Å²) in [5, 5.41) is 18.2. The van der Waals surface area contributed by atoms with E-state index in [9.17, 15) is 4.79 Å². The Bertz CT molecular complexity index is 985. The number of fused-ring (bicyclic) bond motifs is 1. The predicted octanol–water partition coefficient (Wildman–Crippen LogP) is 4.96. The Balaban J connectivity index is 2.13. The van der Waals surface area contributed by atoms with Crippen LogP contribution in [0.2, 0.25) is 5.02 Å². The fraction of sp³-hybridized carbons (Fsp3) is 0.222. The van der Waals surface area contributed by atoms with Crippen molar-refractivity contribution in [2.45, 2.75) is 27.2 Å². The fourth-order valence-electron chi connectivity index (χ4n) is 2.68. The van der Waals surface area contributed by atoms with E-state index in [1.165, 1.54) is 0 Å². The Morgan fingerprint density at radius 1 is 1.20 bits per heavy atom. The van der Waals surface area contributed by atoms with Gasteiger partial charge in [-0.3, -0.25) is 9.20 Å². The van der Waals surface area contributed by atoms with E-state index >= 15 is 0 Å². The second kappa shape index (κ2) is 6.64. The topological polar surface area (TPSA) is 79.3 Å². The van der Waals surface area contributed by atoms with E-state index in [0.29, 0.717) is 27.9 Å². The van der Waals surface area contributed by atoms with E-state index < -0.39 is 5.97 Å². The minimum atomic E-state index is -0.971. The van der Waals surface area contributed by atoms with Gasteiger partial charge in [0.05, 0.1) is 17.1 Å². The van der Waals surface area contributed by atoms with Crippen molar-refractivity contribution in [2.24, 2.45) is 10.2 Å². The van der Waals surface area contributed by atoms with Gasteiger partial charge in [-0.2, -0.15) is 0 Å². The SMILES string of the molecule is Cc1cc(C)c(N=Nc2c(CC(=O)O)nc3cc(C)ccn23)c(Cl)c1. The van der Waals surface area contributed by atoms with Gasteiger partial charge in [-0.15, -0.1) is 10.2 Å². The molecule has 3 aromatic rings. The Morgan fingerprint density at radius 3 is 2.64 bits per heavy atom. The van der Waals surface area contributed by atoms with Gasteiger partial charge in [0.1, 0.15) is 11.3 Å². The predicted molar refractivity (Wildman–Crippen MR) is 96.4 cm³/mol. The Hall–Kier alpha value is -2.73. The highest BCUT2D eigenvalue weighted by Crippen LogP contribution is 2.32. The van der Waals surface area contributed by atoms with Gasteiger partial charge in [-0.05, 0) is 55.7 Å². The van der Waals surface area contributed by atoms with E-state index in [-0.39, 0.29) is 6.42 Å². The van der Waals surface area contributed by atoms with E-state index in [0.717, 1.165) is 16.7 Å². The van der Waals surface area contributed by atoms with Crippen molar-refractivity contribution < 1.29 is 9.90 Å². The molecule has 0 aliphatic rings. The lowest BCUT2D eigenvalue weighted by atomic mass is 10.1. The summed E-state index contributed by atoms with van der Waals surface area (Å²) in [4.78, 5) is 15.5. The standard InChI is InChI=1S/C18H17ClN4O2/c1-10-4-5-23-15(8-10)20-14(9-16(24)25)18(23)22-21-17-12(3)6-11(2)7-13(17)19/h4-8H,9H2,1-3H3,(H,24,25). The maximum absolute atomic E-state index is 11.1. The Morgan fingerprint density at radius 2 is 1.96 bits per heavy atom. The van der Waals surface area contributed by atoms with Crippen LogP contribution in [-0.2, 0) is 11.2 Å². The largest absolute Gasteiger partial charge is 0.481 e. The Labute approximate surface area is 149 Å². The second-order valence-corrected chi connectivity index (χ2v) is 6.40. The zero-order valence-electron chi connectivity index (χ0n) is 14.1. The molecule has 0 unspecified atom stereocenters. The van der Waals surface area contributed by atoms with E-state index in [1.807, 2.05) is 45.0 Å². The normalized spacial score (nSPS) is 11.5. The highest BCUT2D eigenvalue weighted by molar-refractivity contribution is 6.33. The first kappa shape index (κ1) is 17.1. The lowest BCUT2D eigenvalue weighted by Crippen LogP contribution is -2.00. The molecule has 6 nitrogen and oxygen atoms in total. The number of imidazole rings is 1. The maximum atomic E-state index is 11.1. The number of aliphatic carboxylic acids is 1. The summed E-state index contributed by atoms with van der Waals surface area (Å²) in [5.41, 5.74) is 4.53. The van der Waals surface area contributed by atoms with Gasteiger partial charge in [0, 0.05) is 6.20 Å². The molecule has 0 radical (unpaired) electrons. The number of carboxylic acids is 1. The number of halogens is 1. The van der Waals surface area contributed by atoms with Crippen LogP contribution in [0.5, 0.6) is 0 Å². The van der Waals surface area contributed by atoms with Crippen molar-refractivity contribution in [2.75, 3.05) is 0 Å². The fourth-order valence-corrected chi connectivity index (χ4v) is 3.04. The van der Waals surface area contributed by atoms with Crippen LogP contribution in [0.4, 0.5) is 11.5 Å². The van der Waals surface area contributed by atoms with Crippen molar-refractivity contribution in [3.63, 3.8) is 0 Å². The van der Waals surface area contributed by atoms with Gasteiger partial charge in [-0.1, -0.05) is 17.7 Å². The molecule has 7 heteroatoms. The van der Waals surface area contributed by atoms with E-state index in [2.05, 4.69) is 15.2 Å². The molecule has 25 heavy (non-hydrogen) atoms. The maximum Gasteiger partial charge on any atom is 0.309 e. The first-order chi connectivity index (χ1) is 11.8. The van der Waals surface area contributed by atoms with E-state index in [1.54, 1.807) is 10.6 Å². The van der Waals surface area contributed by atoms with Crippen LogP contribution in [0.15, 0.2) is 40.7 Å². The monoisotopic (exact) mass is 356 g/mol. The number of hydrogen-bond donors (Lipinski definition) is 1. The number of hydrogen-bond acceptors (Lipinski definition) is 4. The summed E-state index contributed by atoms with van der Waals surface area (Å²) < 4.78 is 1.73. The summed E-state index contributed by atoms with van der Waals surface area (Å²) in [6.45, 7) is 5.81. The molecule has 0 bridgehead atoms. The third-order valence-electron chi connectivity index (χ3n) is 3.79. The minimum Gasteiger partial charge on any atom is -0.481 e. The third kappa shape index (κ3) is 3.53. The molecular weight excluding hydrogens is 340 g/mol. The van der Waals surface area contributed by atoms with E-state index in [4.69, 9.17) is 16.7 Å². The van der Waals surface area contributed by atoms with Crippen LogP contribution in [0.3, 0.4) is 0 Å². The number of carboxylic acid groups (broad SMARTS) is 1. The molecule has 1 aromatic carbocycles. The van der Waals surface area contributed by atoms with Gasteiger partial charge in [0.2, 0.25) is 0 Å². The van der Waals surface area contributed by atoms with Gasteiger partial charge < -0.3 is 5.11 Å². The number of carbonyl (C=O) groups is 1. The average molecular weight is 357 g/mol. The molecule has 3 rings (SSSR count). The molecule has 0 saturated heterocycles. The highest BCUT2D eigenvalue weighted by Gasteiger charge is 2.15. The molecule has 0 saturated carbocycles. The first-order valence-corrected chi connectivity index (χ1v) is 8.11. The number of nitrogens with zero attached hydrogens (tertiary/aromatic N) is 4. The molecule has 0 atom stereocenters. The molecule has 0 aliphatic heterocycles. The second-order valence-electron chi connectivity index (χ2n) is 6.00. The van der Waals surface area contributed by atoms with Gasteiger partial charge in [-0.25, -0.2) is 4.98 Å². The number of rotatable bonds is 4. The van der Waals surface area contributed by atoms with Crippen molar-refractivity contribution >= 4 is 34.7 Å². The van der Waals surface area contributed by atoms with Crippen LogP contribution >= 0.6 is 11.6 Å². The molecule has 1 N–H and O–H groups in total. The quantitative estimate of drug-likeness (QED) is 0.671.